The molecule has 0 aliphatic heterocycles. The van der Waals surface area contributed by atoms with Crippen LogP contribution in [0.25, 0.3) is 0 Å². The molecular weight excluding hydrogens is 448 g/mol. The minimum atomic E-state index is -4.46. The first-order valence-electron chi connectivity index (χ1n) is 10.2. The quantitative estimate of drug-likeness (QED) is 0.497. The summed E-state index contributed by atoms with van der Waals surface area (Å²) < 4.78 is 55.0. The molecule has 33 heavy (non-hydrogen) atoms. The Kier molecular flexibility index (Phi) is 7.78. The van der Waals surface area contributed by atoms with E-state index in [-0.39, 0.29) is 17.3 Å². The monoisotopic (exact) mass is 473 g/mol. The van der Waals surface area contributed by atoms with Crippen molar-refractivity contribution in [3.8, 4) is 0 Å². The largest absolute Gasteiger partial charge is 0.350 e. The van der Waals surface area contributed by atoms with E-state index in [0.717, 1.165) is 17.7 Å². The SMILES string of the molecule is CN(C)C(CNC(=O)c1ccccc1NS(=O)(=O)c1cc(F)ccc1F)Cc1ccccc1. The van der Waals surface area contributed by atoms with Crippen LogP contribution in [0.1, 0.15) is 15.9 Å². The summed E-state index contributed by atoms with van der Waals surface area (Å²) in [4.78, 5) is 14.0. The van der Waals surface area contributed by atoms with Gasteiger partial charge in [0.15, 0.2) is 0 Å². The number of rotatable bonds is 9. The number of nitrogens with zero attached hydrogens (tertiary/aromatic N) is 1. The average Bonchev–Trinajstić information content (AvgIpc) is 2.78. The van der Waals surface area contributed by atoms with Gasteiger partial charge in [0.25, 0.3) is 15.9 Å². The molecule has 1 unspecified atom stereocenters. The number of amides is 1. The van der Waals surface area contributed by atoms with Gasteiger partial charge in [0, 0.05) is 12.6 Å². The van der Waals surface area contributed by atoms with Gasteiger partial charge in [-0.25, -0.2) is 17.2 Å². The second-order valence-electron chi connectivity index (χ2n) is 7.74. The molecule has 0 aliphatic carbocycles. The Bertz CT molecular complexity index is 1220. The van der Waals surface area contributed by atoms with Crippen molar-refractivity contribution >= 4 is 21.6 Å². The molecule has 1 amide bonds. The number of benzene rings is 3. The van der Waals surface area contributed by atoms with Gasteiger partial charge in [0.2, 0.25) is 0 Å². The average molecular weight is 474 g/mol. The zero-order chi connectivity index (χ0) is 24.0. The number of carbonyl (C=O) groups is 1. The molecule has 0 spiro atoms. The van der Waals surface area contributed by atoms with Crippen molar-refractivity contribution in [1.29, 1.82) is 0 Å². The normalized spacial score (nSPS) is 12.4. The highest BCUT2D eigenvalue weighted by atomic mass is 32.2. The number of sulfonamides is 1. The van der Waals surface area contributed by atoms with E-state index in [1.165, 1.54) is 18.2 Å². The van der Waals surface area contributed by atoms with Crippen molar-refractivity contribution in [2.45, 2.75) is 17.4 Å². The second-order valence-corrected chi connectivity index (χ2v) is 9.39. The highest BCUT2D eigenvalue weighted by Crippen LogP contribution is 2.22. The third kappa shape index (κ3) is 6.36. The summed E-state index contributed by atoms with van der Waals surface area (Å²) in [5.41, 5.74) is 1.15. The Morgan fingerprint density at radius 2 is 1.64 bits per heavy atom. The Balaban J connectivity index is 1.76. The van der Waals surface area contributed by atoms with Gasteiger partial charge in [-0.3, -0.25) is 9.52 Å². The van der Waals surface area contributed by atoms with E-state index in [2.05, 4.69) is 10.0 Å². The number of hydrogen-bond acceptors (Lipinski definition) is 4. The first-order valence-corrected chi connectivity index (χ1v) is 11.7. The summed E-state index contributed by atoms with van der Waals surface area (Å²) in [7, 11) is -0.637. The van der Waals surface area contributed by atoms with Crippen LogP contribution in [0.2, 0.25) is 0 Å². The number of para-hydroxylation sites is 1. The summed E-state index contributed by atoms with van der Waals surface area (Å²) in [6, 6.07) is 18.0. The van der Waals surface area contributed by atoms with Crippen LogP contribution in [0.5, 0.6) is 0 Å². The summed E-state index contributed by atoms with van der Waals surface area (Å²) in [5, 5.41) is 2.84. The van der Waals surface area contributed by atoms with Gasteiger partial charge in [0.1, 0.15) is 16.5 Å². The van der Waals surface area contributed by atoms with Crippen LogP contribution in [-0.4, -0.2) is 45.9 Å². The maximum atomic E-state index is 14.0. The lowest BCUT2D eigenvalue weighted by molar-refractivity contribution is 0.0942. The van der Waals surface area contributed by atoms with E-state index >= 15 is 0 Å². The zero-order valence-corrected chi connectivity index (χ0v) is 19.1. The van der Waals surface area contributed by atoms with Crippen molar-refractivity contribution in [2.75, 3.05) is 25.4 Å². The molecule has 3 aromatic carbocycles. The first-order chi connectivity index (χ1) is 15.7. The van der Waals surface area contributed by atoms with Crippen LogP contribution >= 0.6 is 0 Å². The van der Waals surface area contributed by atoms with E-state index in [9.17, 15) is 22.0 Å². The van der Waals surface area contributed by atoms with Crippen molar-refractivity contribution in [1.82, 2.24) is 10.2 Å². The summed E-state index contributed by atoms with van der Waals surface area (Å²) in [5.74, 6) is -2.48. The highest BCUT2D eigenvalue weighted by Gasteiger charge is 2.23. The standard InChI is InChI=1S/C24H25F2N3O3S/c1-29(2)19(14-17-8-4-3-5-9-17)16-27-24(30)20-10-6-7-11-22(20)28-33(31,32)23-15-18(25)12-13-21(23)26/h3-13,15,19,28H,14,16H2,1-2H3,(H,27,30). The summed E-state index contributed by atoms with van der Waals surface area (Å²) in [6.45, 7) is 0.320. The second kappa shape index (κ2) is 10.5. The minimum Gasteiger partial charge on any atom is -0.350 e. The highest BCUT2D eigenvalue weighted by molar-refractivity contribution is 7.92. The Morgan fingerprint density at radius 3 is 2.33 bits per heavy atom. The molecule has 0 aromatic heterocycles. The fraction of sp³-hybridized carbons (Fsp3) is 0.208. The molecule has 9 heteroatoms. The van der Waals surface area contributed by atoms with Crippen LogP contribution in [0.4, 0.5) is 14.5 Å². The molecule has 0 radical (unpaired) electrons. The molecule has 0 heterocycles. The maximum Gasteiger partial charge on any atom is 0.264 e. The fourth-order valence-corrected chi connectivity index (χ4v) is 4.45. The molecule has 174 valence electrons. The Hall–Kier alpha value is -3.30. The van der Waals surface area contributed by atoms with Crippen LogP contribution in [0.3, 0.4) is 0 Å². The molecule has 0 aliphatic rings. The molecule has 0 fully saturated rings. The van der Waals surface area contributed by atoms with Gasteiger partial charge in [-0.2, -0.15) is 0 Å². The lowest BCUT2D eigenvalue weighted by Gasteiger charge is -2.25. The molecule has 3 rings (SSSR count). The smallest absolute Gasteiger partial charge is 0.264 e. The van der Waals surface area contributed by atoms with Crippen LogP contribution in [-0.2, 0) is 16.4 Å². The van der Waals surface area contributed by atoms with Crippen LogP contribution in [0.15, 0.2) is 77.7 Å². The number of likely N-dealkylation sites (N-methyl/N-ethyl adjacent to an activating group) is 1. The van der Waals surface area contributed by atoms with E-state index in [1.54, 1.807) is 6.07 Å². The van der Waals surface area contributed by atoms with Crippen molar-refractivity contribution < 1.29 is 22.0 Å². The van der Waals surface area contributed by atoms with Gasteiger partial charge in [-0.1, -0.05) is 42.5 Å². The van der Waals surface area contributed by atoms with Gasteiger partial charge in [0.05, 0.1) is 11.3 Å². The molecule has 0 bridgehead atoms. The van der Waals surface area contributed by atoms with E-state index in [4.69, 9.17) is 0 Å². The minimum absolute atomic E-state index is 0.00148. The topological polar surface area (TPSA) is 78.5 Å². The predicted octanol–water partition coefficient (Wildman–Crippen LogP) is 3.67. The third-order valence-electron chi connectivity index (χ3n) is 5.14. The predicted molar refractivity (Wildman–Crippen MR) is 124 cm³/mol. The van der Waals surface area contributed by atoms with E-state index in [0.29, 0.717) is 19.0 Å². The van der Waals surface area contributed by atoms with Crippen molar-refractivity contribution in [3.05, 3.63) is 95.6 Å². The van der Waals surface area contributed by atoms with Gasteiger partial charge < -0.3 is 10.2 Å². The number of anilines is 1. The summed E-state index contributed by atoms with van der Waals surface area (Å²) >= 11 is 0. The van der Waals surface area contributed by atoms with Crippen LogP contribution < -0.4 is 10.0 Å². The lowest BCUT2D eigenvalue weighted by atomic mass is 10.0. The number of nitrogens with one attached hydrogen (secondary N) is 2. The Labute approximate surface area is 192 Å². The molecule has 1 atom stereocenters. The molecule has 6 nitrogen and oxygen atoms in total. The number of hydrogen-bond donors (Lipinski definition) is 2. The van der Waals surface area contributed by atoms with Crippen molar-refractivity contribution in [2.24, 2.45) is 0 Å². The molecular formula is C24H25F2N3O3S. The summed E-state index contributed by atoms with van der Waals surface area (Å²) in [6.07, 6.45) is 0.710. The van der Waals surface area contributed by atoms with Gasteiger partial charge >= 0.3 is 0 Å². The maximum absolute atomic E-state index is 14.0. The first kappa shape index (κ1) is 24.3. The van der Waals surface area contributed by atoms with Crippen molar-refractivity contribution in [3.63, 3.8) is 0 Å². The third-order valence-corrected chi connectivity index (χ3v) is 6.52. The van der Waals surface area contributed by atoms with Gasteiger partial charge in [-0.15, -0.1) is 0 Å². The molecule has 0 saturated heterocycles. The molecule has 0 saturated carbocycles. The van der Waals surface area contributed by atoms with Crippen LogP contribution in [0, 0.1) is 11.6 Å². The zero-order valence-electron chi connectivity index (χ0n) is 18.3. The molecule has 2 N–H and O–H groups in total. The fourth-order valence-electron chi connectivity index (χ4n) is 3.28. The number of carbonyl (C=O) groups excluding carboxylic acids is 1. The lowest BCUT2D eigenvalue weighted by Crippen LogP contribution is -2.41. The number of halogens is 2. The Morgan fingerprint density at radius 1 is 0.970 bits per heavy atom. The molecule has 3 aromatic rings. The van der Waals surface area contributed by atoms with Gasteiger partial charge in [-0.05, 0) is 56.4 Å². The van der Waals surface area contributed by atoms with E-state index < -0.39 is 32.5 Å². The van der Waals surface area contributed by atoms with E-state index in [1.807, 2.05) is 49.3 Å².